The van der Waals surface area contributed by atoms with Crippen molar-refractivity contribution in [2.75, 3.05) is 0 Å². The van der Waals surface area contributed by atoms with Crippen LogP contribution in [-0.4, -0.2) is 33.5 Å². The van der Waals surface area contributed by atoms with Gasteiger partial charge in [0.15, 0.2) is 0 Å². The van der Waals surface area contributed by atoms with Crippen LogP contribution in [0, 0.1) is 11.3 Å². The highest BCUT2D eigenvalue weighted by atomic mass is 35.5. The molecule has 3 aliphatic rings. The molecule has 0 saturated heterocycles. The lowest BCUT2D eigenvalue weighted by Crippen LogP contribution is -2.25. The minimum Gasteiger partial charge on any atom is -0.481 e. The van der Waals surface area contributed by atoms with E-state index in [9.17, 15) is 9.90 Å². The number of aliphatic imine (C=N–C) groups is 1. The second-order valence-corrected chi connectivity index (χ2v) is 9.46. The quantitative estimate of drug-likeness (QED) is 0.501. The van der Waals surface area contributed by atoms with Gasteiger partial charge < -0.3 is 15.5 Å². The van der Waals surface area contributed by atoms with Crippen molar-refractivity contribution in [3.05, 3.63) is 57.9 Å². The average Bonchev–Trinajstić information content (AvgIpc) is 3.08. The number of aromatic nitrogens is 1. The molecule has 1 fully saturated rings. The van der Waals surface area contributed by atoms with E-state index in [1.165, 1.54) is 5.57 Å². The van der Waals surface area contributed by atoms with E-state index in [2.05, 4.69) is 18.0 Å². The lowest BCUT2D eigenvalue weighted by Gasteiger charge is -2.24. The van der Waals surface area contributed by atoms with Crippen LogP contribution in [0.2, 0.25) is 0 Å². The standard InChI is InChI=1S/C26H30ClN3O2/c1-16-11-18(27)14-22-23(15-29-25(22)12-16)21-9-3-6-19(7-4-10-24(21)28)30-20-8-2-5-17(13-20)26(31)32/h4,9-11,14-15,17,20,28-29H,2-3,5-8,12-13H2,1H3,(H,31,32)/b10-4-,21-9-,28-24?,30-19?. The van der Waals surface area contributed by atoms with E-state index in [0.717, 1.165) is 66.6 Å². The van der Waals surface area contributed by atoms with Crippen LogP contribution in [0.3, 0.4) is 0 Å². The van der Waals surface area contributed by atoms with E-state index in [1.54, 1.807) is 0 Å². The number of carbonyl (C=O) groups is 1. The molecule has 32 heavy (non-hydrogen) atoms. The molecular formula is C26H30ClN3O2. The third-order valence-electron chi connectivity index (χ3n) is 6.49. The Kier molecular flexibility index (Phi) is 6.95. The van der Waals surface area contributed by atoms with Gasteiger partial charge in [-0.3, -0.25) is 9.79 Å². The maximum atomic E-state index is 11.4. The number of nitrogens with zero attached hydrogens (tertiary/aromatic N) is 1. The van der Waals surface area contributed by atoms with Gasteiger partial charge in [0.1, 0.15) is 0 Å². The van der Waals surface area contributed by atoms with Crippen LogP contribution in [0.4, 0.5) is 0 Å². The number of aliphatic carboxylic acids is 1. The zero-order valence-electron chi connectivity index (χ0n) is 18.5. The van der Waals surface area contributed by atoms with Crippen molar-refractivity contribution in [1.82, 2.24) is 4.98 Å². The van der Waals surface area contributed by atoms with Gasteiger partial charge in [-0.15, -0.1) is 0 Å². The molecule has 6 heteroatoms. The molecule has 1 heterocycles. The zero-order chi connectivity index (χ0) is 22.7. The number of carboxylic acid groups (broad SMARTS) is 1. The number of fused-ring (bicyclic) bond motifs is 1. The van der Waals surface area contributed by atoms with Gasteiger partial charge in [-0.25, -0.2) is 0 Å². The van der Waals surface area contributed by atoms with Gasteiger partial charge in [-0.05, 0) is 57.3 Å². The smallest absolute Gasteiger partial charge is 0.306 e. The summed E-state index contributed by atoms with van der Waals surface area (Å²) in [5, 5.41) is 18.7. The predicted molar refractivity (Wildman–Crippen MR) is 132 cm³/mol. The molecule has 0 spiro atoms. The topological polar surface area (TPSA) is 89.3 Å². The van der Waals surface area contributed by atoms with Crippen molar-refractivity contribution in [3.8, 4) is 0 Å². The average molecular weight is 452 g/mol. The number of carboxylic acids is 1. The number of H-pyrrole nitrogens is 1. The molecule has 0 aliphatic heterocycles. The molecule has 0 amide bonds. The first kappa shape index (κ1) is 22.5. The van der Waals surface area contributed by atoms with E-state index >= 15 is 0 Å². The van der Waals surface area contributed by atoms with Crippen LogP contribution < -0.4 is 0 Å². The molecule has 1 aromatic heterocycles. The molecule has 2 unspecified atom stereocenters. The summed E-state index contributed by atoms with van der Waals surface area (Å²) in [4.78, 5) is 19.7. The lowest BCUT2D eigenvalue weighted by atomic mass is 9.86. The summed E-state index contributed by atoms with van der Waals surface area (Å²) < 4.78 is 0. The normalized spacial score (nSPS) is 28.2. The second-order valence-electron chi connectivity index (χ2n) is 9.02. The van der Waals surface area contributed by atoms with Crippen LogP contribution in [0.15, 0.2) is 46.1 Å². The maximum Gasteiger partial charge on any atom is 0.306 e. The van der Waals surface area contributed by atoms with Crippen LogP contribution in [0.25, 0.3) is 11.6 Å². The minimum atomic E-state index is -0.699. The van der Waals surface area contributed by atoms with Crippen molar-refractivity contribution in [3.63, 3.8) is 0 Å². The Morgan fingerprint density at radius 3 is 2.97 bits per heavy atom. The molecule has 168 valence electrons. The SMILES string of the molecule is CC1=CC(Cl)=Cc2c(/C3=C/CCC(=NC4CCCC(C(=O)O)C4)C/C=C\C3=N)c[nH]c2C1. The van der Waals surface area contributed by atoms with Gasteiger partial charge in [0.2, 0.25) is 0 Å². The molecule has 0 bridgehead atoms. The Bertz CT molecular complexity index is 1070. The summed E-state index contributed by atoms with van der Waals surface area (Å²) in [7, 11) is 0. The van der Waals surface area contributed by atoms with Gasteiger partial charge in [0, 0.05) is 52.2 Å². The summed E-state index contributed by atoms with van der Waals surface area (Å²) in [6.45, 7) is 2.07. The fourth-order valence-electron chi connectivity index (χ4n) is 4.89. The van der Waals surface area contributed by atoms with Crippen molar-refractivity contribution in [2.45, 2.75) is 64.3 Å². The third kappa shape index (κ3) is 5.21. The van der Waals surface area contributed by atoms with E-state index in [4.69, 9.17) is 22.0 Å². The number of nitrogens with one attached hydrogen (secondary N) is 2. The Hall–Kier alpha value is -2.66. The molecule has 0 radical (unpaired) electrons. The van der Waals surface area contributed by atoms with Gasteiger partial charge in [0.05, 0.1) is 17.7 Å². The van der Waals surface area contributed by atoms with Gasteiger partial charge >= 0.3 is 5.97 Å². The van der Waals surface area contributed by atoms with E-state index in [1.807, 2.05) is 30.5 Å². The summed E-state index contributed by atoms with van der Waals surface area (Å²) in [5.74, 6) is -0.970. The lowest BCUT2D eigenvalue weighted by molar-refractivity contribution is -0.142. The molecule has 3 N–H and O–H groups in total. The van der Waals surface area contributed by atoms with Crippen LogP contribution in [0.1, 0.15) is 68.7 Å². The van der Waals surface area contributed by atoms with E-state index in [0.29, 0.717) is 23.6 Å². The van der Waals surface area contributed by atoms with Crippen molar-refractivity contribution >= 4 is 40.6 Å². The highest BCUT2D eigenvalue weighted by molar-refractivity contribution is 6.34. The predicted octanol–water partition coefficient (Wildman–Crippen LogP) is 6.32. The summed E-state index contributed by atoms with van der Waals surface area (Å²) in [5.41, 5.74) is 6.87. The maximum absolute atomic E-state index is 11.4. The first-order valence-corrected chi connectivity index (χ1v) is 11.8. The molecule has 2 atom stereocenters. The number of allylic oxidation sites excluding steroid dienone is 7. The number of aromatic amines is 1. The van der Waals surface area contributed by atoms with Gasteiger partial charge in [-0.1, -0.05) is 35.7 Å². The summed E-state index contributed by atoms with van der Waals surface area (Å²) >= 11 is 6.41. The molecule has 3 aliphatic carbocycles. The molecule has 4 rings (SSSR count). The fourth-order valence-corrected chi connectivity index (χ4v) is 5.19. The fraction of sp³-hybridized carbons (Fsp3) is 0.423. The number of rotatable bonds is 3. The van der Waals surface area contributed by atoms with E-state index < -0.39 is 5.97 Å². The largest absolute Gasteiger partial charge is 0.481 e. The summed E-state index contributed by atoms with van der Waals surface area (Å²) in [6, 6.07) is 0.0976. The molecule has 1 saturated carbocycles. The molecule has 1 aromatic rings. The van der Waals surface area contributed by atoms with Crippen LogP contribution in [0.5, 0.6) is 0 Å². The van der Waals surface area contributed by atoms with Crippen molar-refractivity contribution in [2.24, 2.45) is 10.9 Å². The first-order chi connectivity index (χ1) is 15.4. The van der Waals surface area contributed by atoms with Crippen LogP contribution >= 0.6 is 11.6 Å². The molecule has 5 nitrogen and oxygen atoms in total. The Morgan fingerprint density at radius 1 is 1.31 bits per heavy atom. The van der Waals surface area contributed by atoms with Crippen LogP contribution in [-0.2, 0) is 11.2 Å². The van der Waals surface area contributed by atoms with Gasteiger partial charge in [0.25, 0.3) is 0 Å². The minimum absolute atomic E-state index is 0.0976. The molecule has 0 aromatic carbocycles. The highest BCUT2D eigenvalue weighted by Crippen LogP contribution is 2.32. The van der Waals surface area contributed by atoms with Crippen molar-refractivity contribution < 1.29 is 9.90 Å². The Balaban J connectivity index is 1.55. The third-order valence-corrected chi connectivity index (χ3v) is 6.71. The monoisotopic (exact) mass is 451 g/mol. The highest BCUT2D eigenvalue weighted by Gasteiger charge is 2.27. The van der Waals surface area contributed by atoms with E-state index in [-0.39, 0.29) is 12.0 Å². The number of hydrogen-bond acceptors (Lipinski definition) is 3. The van der Waals surface area contributed by atoms with Crippen molar-refractivity contribution in [1.29, 1.82) is 5.41 Å². The Labute approximate surface area is 194 Å². The summed E-state index contributed by atoms with van der Waals surface area (Å²) in [6.07, 6.45) is 18.4. The second kappa shape index (κ2) is 9.86. The number of halogens is 1. The zero-order valence-corrected chi connectivity index (χ0v) is 19.2. The molecular weight excluding hydrogens is 422 g/mol. The Morgan fingerprint density at radius 2 is 2.16 bits per heavy atom. The first-order valence-electron chi connectivity index (χ1n) is 11.4. The van der Waals surface area contributed by atoms with Gasteiger partial charge in [-0.2, -0.15) is 0 Å². The number of hydrogen-bond donors (Lipinski definition) is 3.